The first-order chi connectivity index (χ1) is 14.7. The minimum absolute atomic E-state index is 0.142. The number of guanidine groups is 1. The Hall–Kier alpha value is -1.50. The fraction of sp³-hybridized carbons (Fsp3) is 0.917. The summed E-state index contributed by atoms with van der Waals surface area (Å²) in [7, 11) is 4.34. The lowest BCUT2D eigenvalue weighted by Gasteiger charge is -2.40. The number of nitrogens with zero attached hydrogens (tertiary/aromatic N) is 4. The number of aliphatic imine (C=N–C) groups is 1. The molecule has 1 saturated heterocycles. The molecule has 31 heavy (non-hydrogen) atoms. The summed E-state index contributed by atoms with van der Waals surface area (Å²) in [6, 6.07) is 0.794. The largest absolute Gasteiger partial charge is 0.444 e. The van der Waals surface area contributed by atoms with Gasteiger partial charge in [0.15, 0.2) is 5.96 Å². The van der Waals surface area contributed by atoms with Crippen molar-refractivity contribution in [3.63, 3.8) is 0 Å². The first-order valence-electron chi connectivity index (χ1n) is 12.4. The van der Waals surface area contributed by atoms with Crippen LogP contribution in [0.25, 0.3) is 0 Å². The van der Waals surface area contributed by atoms with Crippen molar-refractivity contribution in [1.82, 2.24) is 20.0 Å². The maximum atomic E-state index is 12.9. The molecule has 3 rings (SSSR count). The lowest BCUT2D eigenvalue weighted by molar-refractivity contribution is 0.00928. The molecule has 1 aliphatic heterocycles. The van der Waals surface area contributed by atoms with E-state index >= 15 is 0 Å². The predicted molar refractivity (Wildman–Crippen MR) is 126 cm³/mol. The lowest BCUT2D eigenvalue weighted by atomic mass is 10.0. The third kappa shape index (κ3) is 7.55. The van der Waals surface area contributed by atoms with Gasteiger partial charge < -0.3 is 24.8 Å². The van der Waals surface area contributed by atoms with Crippen LogP contribution in [0.1, 0.15) is 66.2 Å². The van der Waals surface area contributed by atoms with E-state index in [-0.39, 0.29) is 12.1 Å². The van der Waals surface area contributed by atoms with Crippen LogP contribution in [0.15, 0.2) is 4.99 Å². The van der Waals surface area contributed by atoms with Gasteiger partial charge in [-0.25, -0.2) is 4.79 Å². The highest BCUT2D eigenvalue weighted by Crippen LogP contribution is 2.35. The second-order valence-corrected chi connectivity index (χ2v) is 10.9. The van der Waals surface area contributed by atoms with Gasteiger partial charge in [-0.2, -0.15) is 0 Å². The number of likely N-dealkylation sites (N-methyl/N-ethyl adjacent to an activating group) is 1. The van der Waals surface area contributed by atoms with Crippen LogP contribution in [0, 0.1) is 11.8 Å². The average Bonchev–Trinajstić information content (AvgIpc) is 3.59. The quantitative estimate of drug-likeness (QED) is 0.468. The fourth-order valence-electron chi connectivity index (χ4n) is 4.48. The summed E-state index contributed by atoms with van der Waals surface area (Å²) < 4.78 is 5.74. The summed E-state index contributed by atoms with van der Waals surface area (Å²) in [5, 5.41) is 3.50. The van der Waals surface area contributed by atoms with Crippen LogP contribution in [0.4, 0.5) is 4.79 Å². The Morgan fingerprint density at radius 3 is 2.26 bits per heavy atom. The number of piperidine rings is 1. The van der Waals surface area contributed by atoms with Crippen molar-refractivity contribution in [2.75, 3.05) is 46.8 Å². The highest BCUT2D eigenvalue weighted by molar-refractivity contribution is 5.80. The first kappa shape index (κ1) is 24.1. The Bertz CT molecular complexity index is 612. The summed E-state index contributed by atoms with van der Waals surface area (Å²) in [5.41, 5.74) is -0.449. The molecule has 1 amide bonds. The molecule has 2 aliphatic carbocycles. The molecule has 7 nitrogen and oxygen atoms in total. The number of carbonyl (C=O) groups excluding carboxylic acids is 1. The Kier molecular flexibility index (Phi) is 8.11. The number of ether oxygens (including phenoxy) is 1. The van der Waals surface area contributed by atoms with E-state index in [4.69, 9.17) is 9.73 Å². The second kappa shape index (κ2) is 10.4. The molecule has 1 N–H and O–H groups in total. The van der Waals surface area contributed by atoms with Gasteiger partial charge in [0.1, 0.15) is 5.60 Å². The molecule has 0 aromatic heterocycles. The molecule has 3 aliphatic rings. The van der Waals surface area contributed by atoms with Gasteiger partial charge in [-0.05, 0) is 92.2 Å². The number of hydrogen-bond acceptors (Lipinski definition) is 4. The van der Waals surface area contributed by atoms with Gasteiger partial charge in [-0.1, -0.05) is 0 Å². The Labute approximate surface area is 189 Å². The minimum Gasteiger partial charge on any atom is -0.444 e. The zero-order chi connectivity index (χ0) is 22.6. The van der Waals surface area contributed by atoms with Crippen molar-refractivity contribution in [2.24, 2.45) is 16.8 Å². The molecule has 0 bridgehead atoms. The molecule has 178 valence electrons. The van der Waals surface area contributed by atoms with E-state index in [1.54, 1.807) is 0 Å². The van der Waals surface area contributed by atoms with Crippen LogP contribution in [0.5, 0.6) is 0 Å². The van der Waals surface area contributed by atoms with Gasteiger partial charge in [0, 0.05) is 38.3 Å². The molecular weight excluding hydrogens is 390 g/mol. The highest BCUT2D eigenvalue weighted by atomic mass is 16.6. The monoisotopic (exact) mass is 435 g/mol. The van der Waals surface area contributed by atoms with Crippen molar-refractivity contribution in [3.05, 3.63) is 0 Å². The molecule has 0 aromatic rings. The van der Waals surface area contributed by atoms with E-state index < -0.39 is 5.60 Å². The van der Waals surface area contributed by atoms with Crippen molar-refractivity contribution in [3.8, 4) is 0 Å². The predicted octanol–water partition coefficient (Wildman–Crippen LogP) is 3.40. The van der Waals surface area contributed by atoms with Crippen LogP contribution in [0.3, 0.4) is 0 Å². The zero-order valence-electron chi connectivity index (χ0n) is 20.7. The first-order valence-corrected chi connectivity index (χ1v) is 12.4. The topological polar surface area (TPSA) is 60.4 Å². The molecule has 1 atom stereocenters. The fourth-order valence-corrected chi connectivity index (χ4v) is 4.48. The Morgan fingerprint density at radius 1 is 1.13 bits per heavy atom. The van der Waals surface area contributed by atoms with Crippen molar-refractivity contribution >= 4 is 12.1 Å². The number of likely N-dealkylation sites (tertiary alicyclic amines) is 1. The smallest absolute Gasteiger partial charge is 0.410 e. The van der Waals surface area contributed by atoms with Crippen LogP contribution in [-0.4, -0.2) is 91.3 Å². The van der Waals surface area contributed by atoms with E-state index in [0.29, 0.717) is 12.0 Å². The summed E-state index contributed by atoms with van der Waals surface area (Å²) in [5.74, 6) is 2.49. The van der Waals surface area contributed by atoms with Gasteiger partial charge >= 0.3 is 6.09 Å². The van der Waals surface area contributed by atoms with E-state index in [9.17, 15) is 4.79 Å². The lowest BCUT2D eigenvalue weighted by Crippen LogP contribution is -2.52. The third-order valence-electron chi connectivity index (χ3n) is 6.58. The normalized spacial score (nSPS) is 21.9. The van der Waals surface area contributed by atoms with E-state index in [1.807, 2.05) is 25.7 Å². The van der Waals surface area contributed by atoms with Gasteiger partial charge in [-0.3, -0.25) is 4.99 Å². The third-order valence-corrected chi connectivity index (χ3v) is 6.58. The SMILES string of the molecule is CCNC(=NCC(C1CC1)N(C)C)N1CCC(N(CC2CC2)C(=O)OC(C)(C)C)CC1. The summed E-state index contributed by atoms with van der Waals surface area (Å²) in [6.45, 7) is 12.4. The van der Waals surface area contributed by atoms with Gasteiger partial charge in [-0.15, -0.1) is 0 Å². The second-order valence-electron chi connectivity index (χ2n) is 10.9. The molecule has 0 spiro atoms. The van der Waals surface area contributed by atoms with Crippen LogP contribution in [0.2, 0.25) is 0 Å². The molecule has 3 fully saturated rings. The van der Waals surface area contributed by atoms with Crippen LogP contribution < -0.4 is 5.32 Å². The molecule has 0 aromatic carbocycles. The number of hydrogen-bond donors (Lipinski definition) is 1. The summed E-state index contributed by atoms with van der Waals surface area (Å²) in [6.07, 6.45) is 6.94. The summed E-state index contributed by atoms with van der Waals surface area (Å²) in [4.78, 5) is 24.6. The molecule has 1 heterocycles. The number of rotatable bonds is 8. The van der Waals surface area contributed by atoms with E-state index in [0.717, 1.165) is 57.4 Å². The van der Waals surface area contributed by atoms with Crippen molar-refractivity contribution in [2.45, 2.75) is 83.9 Å². The molecular formula is C24H45N5O2. The molecule has 2 saturated carbocycles. The van der Waals surface area contributed by atoms with Crippen molar-refractivity contribution < 1.29 is 9.53 Å². The minimum atomic E-state index is -0.449. The Morgan fingerprint density at radius 2 is 1.77 bits per heavy atom. The van der Waals surface area contributed by atoms with Gasteiger partial charge in [0.05, 0.1) is 6.54 Å². The van der Waals surface area contributed by atoms with E-state index in [2.05, 4.69) is 36.1 Å². The van der Waals surface area contributed by atoms with Crippen LogP contribution >= 0.6 is 0 Å². The van der Waals surface area contributed by atoms with Crippen molar-refractivity contribution in [1.29, 1.82) is 0 Å². The number of nitrogens with one attached hydrogen (secondary N) is 1. The maximum Gasteiger partial charge on any atom is 0.410 e. The molecule has 0 radical (unpaired) electrons. The maximum absolute atomic E-state index is 12.9. The highest BCUT2D eigenvalue weighted by Gasteiger charge is 2.36. The Balaban J connectivity index is 1.59. The molecule has 7 heteroatoms. The number of carbonyl (C=O) groups is 1. The average molecular weight is 436 g/mol. The van der Waals surface area contributed by atoms with Crippen LogP contribution in [-0.2, 0) is 4.74 Å². The number of amides is 1. The van der Waals surface area contributed by atoms with E-state index in [1.165, 1.54) is 25.7 Å². The summed E-state index contributed by atoms with van der Waals surface area (Å²) >= 11 is 0. The molecule has 1 unspecified atom stereocenters. The van der Waals surface area contributed by atoms with Gasteiger partial charge in [0.25, 0.3) is 0 Å². The van der Waals surface area contributed by atoms with Gasteiger partial charge in [0.2, 0.25) is 0 Å². The zero-order valence-corrected chi connectivity index (χ0v) is 20.7. The standard InChI is InChI=1S/C24H45N5O2/c1-7-25-22(26-16-21(27(5)6)19-10-11-19)28-14-12-20(13-15-28)29(17-18-8-9-18)23(30)31-24(2,3)4/h18-21H,7-17H2,1-6H3,(H,25,26).